The van der Waals surface area contributed by atoms with Gasteiger partial charge >= 0.3 is 5.97 Å². The maximum atomic E-state index is 11.4. The van der Waals surface area contributed by atoms with Crippen LogP contribution in [0.25, 0.3) is 0 Å². The number of esters is 1. The summed E-state index contributed by atoms with van der Waals surface area (Å²) in [5, 5.41) is 8.90. The molecule has 0 unspecified atom stereocenters. The lowest BCUT2D eigenvalue weighted by Crippen LogP contribution is -2.10. The standard InChI is InChI=1S/C12H14O3S/c13-7-10-6-9(12(14)15-10)8-16-11-4-2-1-3-5-11/h1-5,9-10,13H,6-8H2/t9-,10-/m0/s1. The summed E-state index contributed by atoms with van der Waals surface area (Å²) in [5.41, 5.74) is 0. The first kappa shape index (κ1) is 11.5. The molecule has 2 atom stereocenters. The van der Waals surface area contributed by atoms with Gasteiger partial charge in [-0.1, -0.05) is 18.2 Å². The second-order valence-electron chi connectivity index (χ2n) is 3.80. The molecule has 3 nitrogen and oxygen atoms in total. The van der Waals surface area contributed by atoms with Gasteiger partial charge in [-0.25, -0.2) is 0 Å². The van der Waals surface area contributed by atoms with Crippen LogP contribution in [-0.2, 0) is 9.53 Å². The second kappa shape index (κ2) is 5.37. The predicted molar refractivity (Wildman–Crippen MR) is 62.2 cm³/mol. The molecule has 0 aromatic heterocycles. The zero-order valence-corrected chi connectivity index (χ0v) is 9.65. The van der Waals surface area contributed by atoms with E-state index in [9.17, 15) is 4.79 Å². The van der Waals surface area contributed by atoms with Crippen LogP contribution in [0.4, 0.5) is 0 Å². The fourth-order valence-electron chi connectivity index (χ4n) is 1.68. The molecule has 0 spiro atoms. The Morgan fingerprint density at radius 1 is 1.38 bits per heavy atom. The minimum Gasteiger partial charge on any atom is -0.460 e. The van der Waals surface area contributed by atoms with Gasteiger partial charge in [-0.2, -0.15) is 0 Å². The Balaban J connectivity index is 1.85. The summed E-state index contributed by atoms with van der Waals surface area (Å²) >= 11 is 1.65. The molecule has 1 aromatic carbocycles. The summed E-state index contributed by atoms with van der Waals surface area (Å²) in [6, 6.07) is 9.97. The monoisotopic (exact) mass is 238 g/mol. The van der Waals surface area contributed by atoms with Gasteiger partial charge in [0.15, 0.2) is 0 Å². The SMILES string of the molecule is O=C1O[C@H](CO)C[C@H]1CSc1ccccc1. The quantitative estimate of drug-likeness (QED) is 0.640. The molecule has 0 bridgehead atoms. The van der Waals surface area contributed by atoms with Crippen molar-refractivity contribution < 1.29 is 14.6 Å². The van der Waals surface area contributed by atoms with E-state index in [1.807, 2.05) is 30.3 Å². The van der Waals surface area contributed by atoms with E-state index in [2.05, 4.69) is 0 Å². The first-order chi connectivity index (χ1) is 7.79. The van der Waals surface area contributed by atoms with Gasteiger partial charge in [-0.15, -0.1) is 11.8 Å². The largest absolute Gasteiger partial charge is 0.460 e. The van der Waals surface area contributed by atoms with E-state index < -0.39 is 0 Å². The molecular weight excluding hydrogens is 224 g/mol. The van der Waals surface area contributed by atoms with Crippen LogP contribution >= 0.6 is 11.8 Å². The number of ether oxygens (including phenoxy) is 1. The van der Waals surface area contributed by atoms with Crippen molar-refractivity contribution in [3.05, 3.63) is 30.3 Å². The highest BCUT2D eigenvalue weighted by Crippen LogP contribution is 2.28. The third kappa shape index (κ3) is 2.77. The fraction of sp³-hybridized carbons (Fsp3) is 0.417. The van der Waals surface area contributed by atoms with E-state index in [1.165, 1.54) is 0 Å². The van der Waals surface area contributed by atoms with Crippen molar-refractivity contribution in [1.29, 1.82) is 0 Å². The average molecular weight is 238 g/mol. The summed E-state index contributed by atoms with van der Waals surface area (Å²) in [7, 11) is 0. The Morgan fingerprint density at radius 3 is 2.75 bits per heavy atom. The molecule has 0 radical (unpaired) electrons. The number of rotatable bonds is 4. The first-order valence-corrected chi connectivity index (χ1v) is 6.27. The van der Waals surface area contributed by atoms with Crippen LogP contribution in [0.1, 0.15) is 6.42 Å². The molecule has 86 valence electrons. The van der Waals surface area contributed by atoms with E-state index >= 15 is 0 Å². The highest BCUT2D eigenvalue weighted by molar-refractivity contribution is 7.99. The molecule has 1 aromatic rings. The maximum absolute atomic E-state index is 11.4. The van der Waals surface area contributed by atoms with E-state index in [4.69, 9.17) is 9.84 Å². The van der Waals surface area contributed by atoms with Gasteiger partial charge in [-0.05, 0) is 12.1 Å². The zero-order valence-electron chi connectivity index (χ0n) is 8.83. The van der Waals surface area contributed by atoms with Crippen molar-refractivity contribution in [2.75, 3.05) is 12.4 Å². The van der Waals surface area contributed by atoms with Gasteiger partial charge in [0.05, 0.1) is 12.5 Å². The van der Waals surface area contributed by atoms with E-state index in [1.54, 1.807) is 11.8 Å². The molecule has 4 heteroatoms. The summed E-state index contributed by atoms with van der Waals surface area (Å²) in [6.45, 7) is -0.0712. The summed E-state index contributed by atoms with van der Waals surface area (Å²) in [6.07, 6.45) is 0.337. The lowest BCUT2D eigenvalue weighted by Gasteiger charge is -2.04. The number of benzene rings is 1. The lowest BCUT2D eigenvalue weighted by molar-refractivity contribution is -0.144. The van der Waals surface area contributed by atoms with Crippen LogP contribution in [0.15, 0.2) is 35.2 Å². The summed E-state index contributed by atoms with van der Waals surface area (Å²) < 4.78 is 5.01. The number of aliphatic hydroxyl groups is 1. The Morgan fingerprint density at radius 2 is 2.12 bits per heavy atom. The highest BCUT2D eigenvalue weighted by atomic mass is 32.2. The summed E-state index contributed by atoms with van der Waals surface area (Å²) in [5.74, 6) is 0.462. The minimum atomic E-state index is -0.297. The maximum Gasteiger partial charge on any atom is 0.310 e. The van der Waals surface area contributed by atoms with Crippen molar-refractivity contribution in [3.63, 3.8) is 0 Å². The number of aliphatic hydroxyl groups excluding tert-OH is 1. The Labute approximate surface area is 98.8 Å². The zero-order chi connectivity index (χ0) is 11.4. The molecule has 1 aliphatic rings. The smallest absolute Gasteiger partial charge is 0.310 e. The van der Waals surface area contributed by atoms with Gasteiger partial charge in [0, 0.05) is 17.1 Å². The van der Waals surface area contributed by atoms with Crippen LogP contribution in [0.2, 0.25) is 0 Å². The van der Waals surface area contributed by atoms with Crippen LogP contribution < -0.4 is 0 Å². The van der Waals surface area contributed by atoms with Gasteiger partial charge in [0.2, 0.25) is 0 Å². The predicted octanol–water partition coefficient (Wildman–Crippen LogP) is 1.70. The normalized spacial score (nSPS) is 24.4. The Hall–Kier alpha value is -1.00. The molecule has 0 saturated carbocycles. The molecule has 0 amide bonds. The van der Waals surface area contributed by atoms with E-state index in [0.29, 0.717) is 6.42 Å². The second-order valence-corrected chi connectivity index (χ2v) is 4.89. The van der Waals surface area contributed by atoms with Crippen molar-refractivity contribution in [2.45, 2.75) is 17.4 Å². The van der Waals surface area contributed by atoms with E-state index in [-0.39, 0.29) is 24.6 Å². The Kier molecular flexibility index (Phi) is 3.85. The summed E-state index contributed by atoms with van der Waals surface area (Å²) in [4.78, 5) is 12.6. The minimum absolute atomic E-state index is 0.0712. The molecule has 1 saturated heterocycles. The molecule has 16 heavy (non-hydrogen) atoms. The van der Waals surface area contributed by atoms with Crippen LogP contribution in [0.3, 0.4) is 0 Å². The third-order valence-electron chi connectivity index (χ3n) is 2.56. The number of carbonyl (C=O) groups is 1. The lowest BCUT2D eigenvalue weighted by atomic mass is 10.1. The average Bonchev–Trinajstić information content (AvgIpc) is 2.69. The van der Waals surface area contributed by atoms with Crippen LogP contribution in [0, 0.1) is 5.92 Å². The number of thioether (sulfide) groups is 1. The first-order valence-electron chi connectivity index (χ1n) is 5.29. The molecule has 2 rings (SSSR count). The number of carbonyl (C=O) groups excluding carboxylic acids is 1. The molecule has 1 N–H and O–H groups in total. The highest BCUT2D eigenvalue weighted by Gasteiger charge is 2.33. The molecule has 1 heterocycles. The Bertz CT molecular complexity index is 353. The van der Waals surface area contributed by atoms with Crippen molar-refractivity contribution in [3.8, 4) is 0 Å². The topological polar surface area (TPSA) is 46.5 Å². The molecule has 1 fully saturated rings. The molecule has 0 aliphatic carbocycles. The van der Waals surface area contributed by atoms with Crippen LogP contribution in [0.5, 0.6) is 0 Å². The molecular formula is C12H14O3S. The van der Waals surface area contributed by atoms with E-state index in [0.717, 1.165) is 10.6 Å². The van der Waals surface area contributed by atoms with Gasteiger partial charge in [0.25, 0.3) is 0 Å². The number of cyclic esters (lactones) is 1. The van der Waals surface area contributed by atoms with Gasteiger partial charge in [0.1, 0.15) is 6.10 Å². The van der Waals surface area contributed by atoms with Crippen molar-refractivity contribution in [2.24, 2.45) is 5.92 Å². The number of hydrogen-bond donors (Lipinski definition) is 1. The van der Waals surface area contributed by atoms with Gasteiger partial charge in [-0.3, -0.25) is 4.79 Å². The third-order valence-corrected chi connectivity index (χ3v) is 3.74. The van der Waals surface area contributed by atoms with Gasteiger partial charge < -0.3 is 9.84 Å². The van der Waals surface area contributed by atoms with Crippen LogP contribution in [-0.4, -0.2) is 29.5 Å². The van der Waals surface area contributed by atoms with Crippen molar-refractivity contribution in [1.82, 2.24) is 0 Å². The molecule has 1 aliphatic heterocycles. The van der Waals surface area contributed by atoms with Crippen molar-refractivity contribution >= 4 is 17.7 Å². The number of hydrogen-bond acceptors (Lipinski definition) is 4. The fourth-order valence-corrected chi connectivity index (χ4v) is 2.70.